The van der Waals surface area contributed by atoms with E-state index in [2.05, 4.69) is 20.7 Å². The molecule has 1 aliphatic rings. The van der Waals surface area contributed by atoms with E-state index in [-0.39, 0.29) is 29.9 Å². The smallest absolute Gasteiger partial charge is 0.357 e. The van der Waals surface area contributed by atoms with Crippen LogP contribution in [0.5, 0.6) is 0 Å². The lowest BCUT2D eigenvalue weighted by atomic mass is 10.1. The Morgan fingerprint density at radius 2 is 2.15 bits per heavy atom. The topological polar surface area (TPSA) is 57.5 Å². The molecule has 2 N–H and O–H groups in total. The van der Waals surface area contributed by atoms with E-state index in [1.807, 2.05) is 23.9 Å². The van der Waals surface area contributed by atoms with Crippen LogP contribution < -0.4 is 10.6 Å². The van der Waals surface area contributed by atoms with Crippen LogP contribution in [-0.4, -0.2) is 66.1 Å². The SMILES string of the molecule is CCNC(=NCC1CCN(CC(F)(F)F)C1)NCCCn1cccn1.I. The summed E-state index contributed by atoms with van der Waals surface area (Å²) in [7, 11) is 0. The van der Waals surface area contributed by atoms with Gasteiger partial charge in [0.05, 0.1) is 6.54 Å². The number of halogens is 4. The maximum absolute atomic E-state index is 12.4. The average molecular weight is 488 g/mol. The first-order valence-corrected chi connectivity index (χ1v) is 8.75. The van der Waals surface area contributed by atoms with Gasteiger partial charge >= 0.3 is 6.18 Å². The normalized spacial score (nSPS) is 18.6. The van der Waals surface area contributed by atoms with Crippen LogP contribution in [0.2, 0.25) is 0 Å². The van der Waals surface area contributed by atoms with Crippen LogP contribution in [-0.2, 0) is 6.54 Å². The summed E-state index contributed by atoms with van der Waals surface area (Å²) in [4.78, 5) is 5.99. The summed E-state index contributed by atoms with van der Waals surface area (Å²) in [5.41, 5.74) is 0. The number of aromatic nitrogens is 2. The molecule has 26 heavy (non-hydrogen) atoms. The van der Waals surface area contributed by atoms with E-state index in [0.29, 0.717) is 19.6 Å². The molecule has 0 amide bonds. The van der Waals surface area contributed by atoms with Gasteiger partial charge in [0.15, 0.2) is 5.96 Å². The molecule has 0 aromatic carbocycles. The summed E-state index contributed by atoms with van der Waals surface area (Å²) in [6, 6.07) is 1.89. The Balaban J connectivity index is 0.00000338. The molecule has 1 atom stereocenters. The molecule has 0 radical (unpaired) electrons. The Kier molecular flexibility index (Phi) is 10.3. The van der Waals surface area contributed by atoms with Gasteiger partial charge in [-0.15, -0.1) is 24.0 Å². The largest absolute Gasteiger partial charge is 0.401 e. The second-order valence-corrected chi connectivity index (χ2v) is 6.27. The summed E-state index contributed by atoms with van der Waals surface area (Å²) < 4.78 is 39.2. The zero-order valence-electron chi connectivity index (χ0n) is 15.0. The van der Waals surface area contributed by atoms with E-state index < -0.39 is 12.7 Å². The minimum Gasteiger partial charge on any atom is -0.357 e. The first-order valence-electron chi connectivity index (χ1n) is 8.75. The Morgan fingerprint density at radius 1 is 1.35 bits per heavy atom. The maximum atomic E-state index is 12.4. The summed E-state index contributed by atoms with van der Waals surface area (Å²) in [6.45, 7) is 5.00. The number of alkyl halides is 3. The van der Waals surface area contributed by atoms with Crippen molar-refractivity contribution < 1.29 is 13.2 Å². The van der Waals surface area contributed by atoms with E-state index in [4.69, 9.17) is 0 Å². The van der Waals surface area contributed by atoms with Gasteiger partial charge in [-0.2, -0.15) is 18.3 Å². The van der Waals surface area contributed by atoms with Crippen LogP contribution in [0.25, 0.3) is 0 Å². The zero-order valence-corrected chi connectivity index (χ0v) is 17.3. The van der Waals surface area contributed by atoms with Crippen LogP contribution >= 0.6 is 24.0 Å². The third-order valence-corrected chi connectivity index (χ3v) is 4.04. The van der Waals surface area contributed by atoms with Gasteiger partial charge in [-0.1, -0.05) is 0 Å². The number of hydrogen-bond acceptors (Lipinski definition) is 3. The molecule has 2 rings (SSSR count). The molecule has 1 aliphatic heterocycles. The zero-order chi connectivity index (χ0) is 18.1. The lowest BCUT2D eigenvalue weighted by Crippen LogP contribution is -2.38. The highest BCUT2D eigenvalue weighted by Gasteiger charge is 2.34. The van der Waals surface area contributed by atoms with Crippen molar-refractivity contribution in [2.24, 2.45) is 10.9 Å². The minimum absolute atomic E-state index is 0. The standard InChI is InChI=1S/C16H27F3N6.HI/c1-2-20-15(21-6-3-8-25-9-4-7-23-25)22-11-14-5-10-24(12-14)13-16(17,18)19;/h4,7,9,14H,2-3,5-6,8,10-13H2,1H3,(H2,20,21,22);1H. The van der Waals surface area contributed by atoms with Crippen molar-refractivity contribution in [2.75, 3.05) is 39.3 Å². The van der Waals surface area contributed by atoms with Gasteiger partial charge in [-0.05, 0) is 38.3 Å². The molecule has 1 aromatic heterocycles. The minimum atomic E-state index is -4.12. The Morgan fingerprint density at radius 3 is 2.81 bits per heavy atom. The number of aliphatic imine (C=N–C) groups is 1. The highest BCUT2D eigenvalue weighted by molar-refractivity contribution is 14.0. The molecular weight excluding hydrogens is 460 g/mol. The van der Waals surface area contributed by atoms with E-state index >= 15 is 0 Å². The molecule has 0 saturated carbocycles. The Bertz CT molecular complexity index is 521. The number of rotatable bonds is 8. The van der Waals surface area contributed by atoms with Crippen LogP contribution in [0.15, 0.2) is 23.5 Å². The predicted octanol–water partition coefficient (Wildman–Crippen LogP) is 2.33. The lowest BCUT2D eigenvalue weighted by molar-refractivity contribution is -0.143. The third-order valence-electron chi connectivity index (χ3n) is 4.04. The number of hydrogen-bond donors (Lipinski definition) is 2. The van der Waals surface area contributed by atoms with Gasteiger partial charge in [0, 0.05) is 45.1 Å². The van der Waals surface area contributed by atoms with Gasteiger partial charge in [0.25, 0.3) is 0 Å². The summed E-state index contributed by atoms with van der Waals surface area (Å²) >= 11 is 0. The Labute approximate surface area is 169 Å². The van der Waals surface area contributed by atoms with E-state index in [1.54, 1.807) is 6.20 Å². The van der Waals surface area contributed by atoms with E-state index in [0.717, 1.165) is 38.4 Å². The molecule has 1 aromatic rings. The fourth-order valence-corrected chi connectivity index (χ4v) is 2.90. The van der Waals surface area contributed by atoms with Crippen LogP contribution in [0.3, 0.4) is 0 Å². The number of guanidine groups is 1. The van der Waals surface area contributed by atoms with E-state index in [9.17, 15) is 13.2 Å². The molecule has 6 nitrogen and oxygen atoms in total. The summed E-state index contributed by atoms with van der Waals surface area (Å²) in [5, 5.41) is 10.6. The molecule has 10 heteroatoms. The molecule has 0 spiro atoms. The first-order chi connectivity index (χ1) is 12.0. The van der Waals surface area contributed by atoms with Crippen molar-refractivity contribution in [3.05, 3.63) is 18.5 Å². The van der Waals surface area contributed by atoms with Gasteiger partial charge in [0.1, 0.15) is 0 Å². The molecule has 1 fully saturated rings. The molecule has 1 saturated heterocycles. The molecule has 150 valence electrons. The number of nitrogens with one attached hydrogen (secondary N) is 2. The summed E-state index contributed by atoms with van der Waals surface area (Å²) in [5.74, 6) is 0.902. The Hall–Kier alpha value is -1.04. The van der Waals surface area contributed by atoms with Gasteiger partial charge in [-0.25, -0.2) is 0 Å². The molecule has 2 heterocycles. The van der Waals surface area contributed by atoms with E-state index in [1.165, 1.54) is 4.90 Å². The molecular formula is C16H28F3IN6. The summed E-state index contributed by atoms with van der Waals surface area (Å²) in [6.07, 6.45) is 1.23. The lowest BCUT2D eigenvalue weighted by Gasteiger charge is -2.17. The van der Waals surface area contributed by atoms with Crippen LogP contribution in [0.4, 0.5) is 13.2 Å². The number of nitrogens with zero attached hydrogens (tertiary/aromatic N) is 4. The number of likely N-dealkylation sites (tertiary alicyclic amines) is 1. The van der Waals surface area contributed by atoms with Crippen molar-refractivity contribution in [2.45, 2.75) is 32.5 Å². The fourth-order valence-electron chi connectivity index (χ4n) is 2.90. The van der Waals surface area contributed by atoms with Crippen LogP contribution in [0, 0.1) is 5.92 Å². The number of aryl methyl sites for hydroxylation is 1. The maximum Gasteiger partial charge on any atom is 0.401 e. The average Bonchev–Trinajstić information content (AvgIpc) is 3.19. The van der Waals surface area contributed by atoms with Crippen molar-refractivity contribution in [3.63, 3.8) is 0 Å². The van der Waals surface area contributed by atoms with Crippen molar-refractivity contribution in [1.29, 1.82) is 0 Å². The van der Waals surface area contributed by atoms with Crippen molar-refractivity contribution >= 4 is 29.9 Å². The third kappa shape index (κ3) is 9.06. The van der Waals surface area contributed by atoms with Crippen LogP contribution in [0.1, 0.15) is 19.8 Å². The van der Waals surface area contributed by atoms with Crippen molar-refractivity contribution in [3.8, 4) is 0 Å². The predicted molar refractivity (Wildman–Crippen MR) is 107 cm³/mol. The molecule has 0 aliphatic carbocycles. The van der Waals surface area contributed by atoms with Crippen molar-refractivity contribution in [1.82, 2.24) is 25.3 Å². The second kappa shape index (κ2) is 11.6. The van der Waals surface area contributed by atoms with Gasteiger partial charge in [-0.3, -0.25) is 14.6 Å². The first kappa shape index (κ1) is 23.0. The fraction of sp³-hybridized carbons (Fsp3) is 0.750. The highest BCUT2D eigenvalue weighted by atomic mass is 127. The van der Waals surface area contributed by atoms with Gasteiger partial charge in [0.2, 0.25) is 0 Å². The second-order valence-electron chi connectivity index (χ2n) is 6.27. The molecule has 1 unspecified atom stereocenters. The molecule has 0 bridgehead atoms. The van der Waals surface area contributed by atoms with Gasteiger partial charge < -0.3 is 10.6 Å². The quantitative estimate of drug-likeness (QED) is 0.255. The monoisotopic (exact) mass is 488 g/mol. The highest BCUT2D eigenvalue weighted by Crippen LogP contribution is 2.22.